The van der Waals surface area contributed by atoms with Crippen molar-refractivity contribution >= 4 is 22.5 Å². The highest BCUT2D eigenvalue weighted by atomic mass is 32.1. The van der Waals surface area contributed by atoms with Gasteiger partial charge in [0.2, 0.25) is 5.13 Å². The molecule has 2 saturated carbocycles. The second kappa shape index (κ2) is 4.98. The van der Waals surface area contributed by atoms with E-state index in [1.54, 1.807) is 0 Å². The number of nitrogens with one attached hydrogen (secondary N) is 1. The van der Waals surface area contributed by atoms with Crippen LogP contribution >= 0.6 is 11.3 Å². The van der Waals surface area contributed by atoms with Crippen LogP contribution in [0.25, 0.3) is 0 Å². The van der Waals surface area contributed by atoms with Gasteiger partial charge < -0.3 is 4.90 Å². The Morgan fingerprint density at radius 3 is 2.65 bits per heavy atom. The average molecular weight is 292 g/mol. The molecular weight excluding hydrogens is 272 g/mol. The Bertz CT molecular complexity index is 503. The summed E-state index contributed by atoms with van der Waals surface area (Å²) in [5.41, 5.74) is 0. The van der Waals surface area contributed by atoms with Crippen LogP contribution in [0.15, 0.2) is 0 Å². The van der Waals surface area contributed by atoms with Crippen LogP contribution in [0.2, 0.25) is 0 Å². The van der Waals surface area contributed by atoms with Gasteiger partial charge in [-0.2, -0.15) is 0 Å². The van der Waals surface area contributed by atoms with Gasteiger partial charge >= 0.3 is 6.03 Å². The molecule has 0 unspecified atom stereocenters. The van der Waals surface area contributed by atoms with Crippen molar-refractivity contribution in [2.45, 2.75) is 38.5 Å². The molecule has 0 bridgehead atoms. The summed E-state index contributed by atoms with van der Waals surface area (Å²) < 4.78 is 0. The first-order valence-corrected chi connectivity index (χ1v) is 8.48. The highest BCUT2D eigenvalue weighted by Crippen LogP contribution is 2.38. The van der Waals surface area contributed by atoms with Gasteiger partial charge in [0.1, 0.15) is 5.01 Å². The number of likely N-dealkylation sites (tertiary alicyclic amines) is 1. The second-order valence-corrected chi connectivity index (χ2v) is 7.50. The molecule has 1 saturated heterocycles. The molecule has 20 heavy (non-hydrogen) atoms. The first kappa shape index (κ1) is 12.6. The molecule has 3 fully saturated rings. The van der Waals surface area contributed by atoms with Crippen LogP contribution in [0.5, 0.6) is 0 Å². The van der Waals surface area contributed by atoms with Crippen molar-refractivity contribution in [1.29, 1.82) is 0 Å². The van der Waals surface area contributed by atoms with Gasteiger partial charge in [-0.05, 0) is 30.6 Å². The number of amides is 2. The van der Waals surface area contributed by atoms with Gasteiger partial charge in [-0.25, -0.2) is 4.79 Å². The average Bonchev–Trinajstić information content (AvgIpc) is 3.00. The van der Waals surface area contributed by atoms with Crippen LogP contribution in [0, 0.1) is 17.8 Å². The van der Waals surface area contributed by atoms with Crippen LogP contribution in [0.1, 0.15) is 37.1 Å². The number of carbonyl (C=O) groups is 1. The van der Waals surface area contributed by atoms with E-state index in [2.05, 4.69) is 15.5 Å². The number of hydrogen-bond donors (Lipinski definition) is 1. The number of urea groups is 1. The van der Waals surface area contributed by atoms with E-state index in [0.717, 1.165) is 42.3 Å². The fraction of sp³-hybridized carbons (Fsp3) is 0.786. The van der Waals surface area contributed by atoms with Gasteiger partial charge in [0, 0.05) is 19.5 Å². The predicted octanol–water partition coefficient (Wildman–Crippen LogP) is 2.75. The molecule has 0 spiro atoms. The van der Waals surface area contributed by atoms with Crippen LogP contribution in [-0.2, 0) is 6.42 Å². The maximum absolute atomic E-state index is 12.1. The van der Waals surface area contributed by atoms with Gasteiger partial charge in [-0.1, -0.05) is 30.6 Å². The molecule has 2 heterocycles. The SMILES string of the molecule is O=C(Nc1nnc(CC2CC2)s1)N1CC(C2CCC2)C1. The summed E-state index contributed by atoms with van der Waals surface area (Å²) in [6, 6.07) is -0.00491. The van der Waals surface area contributed by atoms with Crippen molar-refractivity contribution in [3.63, 3.8) is 0 Å². The molecule has 1 aromatic rings. The topological polar surface area (TPSA) is 58.1 Å². The maximum Gasteiger partial charge on any atom is 0.323 e. The largest absolute Gasteiger partial charge is 0.324 e. The van der Waals surface area contributed by atoms with Crippen LogP contribution in [-0.4, -0.2) is 34.2 Å². The van der Waals surface area contributed by atoms with Crippen LogP contribution in [0.3, 0.4) is 0 Å². The zero-order valence-corrected chi connectivity index (χ0v) is 12.4. The standard InChI is InChI=1S/C14H20N4OS/c19-14(18-7-11(8-18)10-2-1-3-10)15-13-17-16-12(20-13)6-9-4-5-9/h9-11H,1-8H2,(H,15,17,19). The first-order valence-electron chi connectivity index (χ1n) is 7.66. The number of aromatic nitrogens is 2. The summed E-state index contributed by atoms with van der Waals surface area (Å²) in [4.78, 5) is 14.0. The van der Waals surface area contributed by atoms with E-state index in [4.69, 9.17) is 0 Å². The van der Waals surface area contributed by atoms with Crippen LogP contribution in [0.4, 0.5) is 9.93 Å². The fourth-order valence-electron chi connectivity index (χ4n) is 3.01. The Hall–Kier alpha value is -1.17. The quantitative estimate of drug-likeness (QED) is 0.928. The van der Waals surface area contributed by atoms with Crippen molar-refractivity contribution in [1.82, 2.24) is 15.1 Å². The minimum atomic E-state index is -0.00491. The number of hydrogen-bond acceptors (Lipinski definition) is 4. The summed E-state index contributed by atoms with van der Waals surface area (Å²) in [6.07, 6.45) is 7.76. The van der Waals surface area contributed by atoms with Gasteiger partial charge in [-0.15, -0.1) is 10.2 Å². The molecule has 3 aliphatic rings. The maximum atomic E-state index is 12.1. The molecule has 1 N–H and O–H groups in total. The normalized spacial score (nSPS) is 23.3. The van der Waals surface area contributed by atoms with Gasteiger partial charge in [0.25, 0.3) is 0 Å². The summed E-state index contributed by atoms with van der Waals surface area (Å²) in [6.45, 7) is 1.84. The Labute approximate surface area is 122 Å². The van der Waals surface area contributed by atoms with E-state index in [1.807, 2.05) is 4.90 Å². The summed E-state index contributed by atoms with van der Waals surface area (Å²) >= 11 is 1.52. The molecule has 2 aliphatic carbocycles. The lowest BCUT2D eigenvalue weighted by atomic mass is 9.73. The molecule has 0 atom stereocenters. The summed E-state index contributed by atoms with van der Waals surface area (Å²) in [5.74, 6) is 2.44. The number of rotatable bonds is 4. The van der Waals surface area contributed by atoms with Crippen LogP contribution < -0.4 is 5.32 Å². The van der Waals surface area contributed by atoms with E-state index in [9.17, 15) is 4.79 Å². The van der Waals surface area contributed by atoms with E-state index in [0.29, 0.717) is 5.13 Å². The van der Waals surface area contributed by atoms with Gasteiger partial charge in [-0.3, -0.25) is 5.32 Å². The monoisotopic (exact) mass is 292 g/mol. The lowest BCUT2D eigenvalue weighted by Crippen LogP contribution is -2.55. The molecule has 1 aromatic heterocycles. The predicted molar refractivity (Wildman–Crippen MR) is 77.8 cm³/mol. The molecular formula is C14H20N4OS. The summed E-state index contributed by atoms with van der Waals surface area (Å²) in [5, 5.41) is 12.8. The third kappa shape index (κ3) is 2.53. The van der Waals surface area contributed by atoms with Crippen molar-refractivity contribution in [3.05, 3.63) is 5.01 Å². The van der Waals surface area contributed by atoms with Gasteiger partial charge in [0.15, 0.2) is 0 Å². The minimum absolute atomic E-state index is 0.00491. The zero-order chi connectivity index (χ0) is 13.5. The van der Waals surface area contributed by atoms with E-state index in [1.165, 1.54) is 43.4 Å². The lowest BCUT2D eigenvalue weighted by Gasteiger charge is -2.46. The Balaban J connectivity index is 1.26. The van der Waals surface area contributed by atoms with E-state index in [-0.39, 0.29) is 6.03 Å². The van der Waals surface area contributed by atoms with Crippen molar-refractivity contribution in [2.75, 3.05) is 18.4 Å². The molecule has 6 heteroatoms. The minimum Gasteiger partial charge on any atom is -0.324 e. The molecule has 5 nitrogen and oxygen atoms in total. The number of anilines is 1. The molecule has 0 aromatic carbocycles. The van der Waals surface area contributed by atoms with Crippen molar-refractivity contribution in [2.24, 2.45) is 17.8 Å². The third-order valence-corrected chi connectivity index (χ3v) is 5.72. The van der Waals surface area contributed by atoms with E-state index >= 15 is 0 Å². The Morgan fingerprint density at radius 1 is 1.20 bits per heavy atom. The number of nitrogens with zero attached hydrogens (tertiary/aromatic N) is 3. The second-order valence-electron chi connectivity index (χ2n) is 6.43. The molecule has 2 amide bonds. The molecule has 108 valence electrons. The van der Waals surface area contributed by atoms with Crippen molar-refractivity contribution in [3.8, 4) is 0 Å². The fourth-order valence-corrected chi connectivity index (χ4v) is 3.86. The smallest absolute Gasteiger partial charge is 0.323 e. The Kier molecular flexibility index (Phi) is 3.13. The van der Waals surface area contributed by atoms with Gasteiger partial charge in [0.05, 0.1) is 0 Å². The Morgan fingerprint density at radius 2 is 2.00 bits per heavy atom. The lowest BCUT2D eigenvalue weighted by molar-refractivity contribution is 0.0569. The van der Waals surface area contributed by atoms with E-state index < -0.39 is 0 Å². The van der Waals surface area contributed by atoms with Crippen molar-refractivity contribution < 1.29 is 4.79 Å². The highest BCUT2D eigenvalue weighted by molar-refractivity contribution is 7.15. The molecule has 1 aliphatic heterocycles. The molecule has 0 radical (unpaired) electrons. The third-order valence-electron chi connectivity index (χ3n) is 4.85. The zero-order valence-electron chi connectivity index (χ0n) is 11.5. The number of carbonyl (C=O) groups excluding carboxylic acids is 1. The molecule has 4 rings (SSSR count). The summed E-state index contributed by atoms with van der Waals surface area (Å²) in [7, 11) is 0. The first-order chi connectivity index (χ1) is 9.78. The highest BCUT2D eigenvalue weighted by Gasteiger charge is 2.38.